The van der Waals surface area contributed by atoms with Crippen molar-refractivity contribution in [1.29, 1.82) is 0 Å². The van der Waals surface area contributed by atoms with E-state index >= 15 is 0 Å². The lowest BCUT2D eigenvalue weighted by Crippen LogP contribution is -2.22. The number of carbonyl (C=O) groups excluding carboxylic acids is 1. The average molecular weight is 537 g/mol. The normalized spacial score (nSPS) is 11.2. The first kappa shape index (κ1) is 22.3. The molecule has 2 aromatic carbocycles. The van der Waals surface area contributed by atoms with Gasteiger partial charge in [-0.25, -0.2) is 4.98 Å². The van der Waals surface area contributed by atoms with Gasteiger partial charge in [0, 0.05) is 24.2 Å². The fraction of sp³-hybridized carbons (Fsp3) is 0.217. The second-order valence-electron chi connectivity index (χ2n) is 7.18. The second kappa shape index (κ2) is 9.74. The number of aryl methyl sites for hydroxylation is 1. The zero-order valence-electron chi connectivity index (χ0n) is 16.8. The van der Waals surface area contributed by atoms with Crippen LogP contribution in [0.3, 0.4) is 0 Å². The zero-order valence-corrected chi connectivity index (χ0v) is 20.7. The van der Waals surface area contributed by atoms with E-state index in [1.165, 1.54) is 0 Å². The van der Waals surface area contributed by atoms with Crippen LogP contribution in [0.5, 0.6) is 0 Å². The first-order valence-electron chi connectivity index (χ1n) is 9.93. The van der Waals surface area contributed by atoms with Gasteiger partial charge in [-0.15, -0.1) is 11.3 Å². The van der Waals surface area contributed by atoms with Crippen LogP contribution in [0.4, 0.5) is 0 Å². The van der Waals surface area contributed by atoms with Crippen molar-refractivity contribution < 1.29 is 4.79 Å². The fourth-order valence-corrected chi connectivity index (χ4v) is 4.93. The Bertz CT molecular complexity index is 1250. The maximum Gasteiger partial charge on any atom is 0.251 e. The van der Waals surface area contributed by atoms with E-state index in [4.69, 9.17) is 28.2 Å². The Morgan fingerprint density at radius 2 is 2.00 bits per heavy atom. The highest BCUT2D eigenvalue weighted by Crippen LogP contribution is 2.31. The molecule has 0 atom stereocenters. The number of nitrogens with zero attached hydrogens (tertiary/aromatic N) is 2. The van der Waals surface area contributed by atoms with E-state index in [0.717, 1.165) is 51.2 Å². The molecule has 2 heterocycles. The number of rotatable bonds is 7. The van der Waals surface area contributed by atoms with E-state index in [0.29, 0.717) is 22.2 Å². The maximum absolute atomic E-state index is 12.7. The molecule has 31 heavy (non-hydrogen) atoms. The monoisotopic (exact) mass is 535 g/mol. The molecule has 0 bridgehead atoms. The van der Waals surface area contributed by atoms with Gasteiger partial charge >= 0.3 is 0 Å². The number of fused-ring (bicyclic) bond motifs is 1. The predicted octanol–water partition coefficient (Wildman–Crippen LogP) is 7.56. The first-order valence-corrected chi connectivity index (χ1v) is 12.4. The molecule has 8 heteroatoms. The minimum Gasteiger partial charge on any atom is -0.348 e. The van der Waals surface area contributed by atoms with Crippen molar-refractivity contribution in [1.82, 2.24) is 14.9 Å². The molecular formula is C23H20BrCl2N3OS. The Labute approximate surface area is 203 Å². The Balaban J connectivity index is 1.67. The fourth-order valence-electron chi connectivity index (χ4n) is 3.39. The molecule has 0 unspecified atom stereocenters. The summed E-state index contributed by atoms with van der Waals surface area (Å²) >= 11 is 17.5. The highest BCUT2D eigenvalue weighted by Gasteiger charge is 2.16. The summed E-state index contributed by atoms with van der Waals surface area (Å²) in [5, 5.41) is 5.98. The van der Waals surface area contributed by atoms with Crippen molar-refractivity contribution in [3.63, 3.8) is 0 Å². The molecule has 4 aromatic rings. The molecule has 0 aliphatic rings. The van der Waals surface area contributed by atoms with Crippen LogP contribution in [0.25, 0.3) is 22.4 Å². The molecule has 0 fully saturated rings. The Morgan fingerprint density at radius 3 is 2.71 bits per heavy atom. The molecule has 0 aliphatic carbocycles. The Morgan fingerprint density at radius 1 is 1.16 bits per heavy atom. The number of halogens is 3. The lowest BCUT2D eigenvalue weighted by molar-refractivity contribution is 0.0951. The summed E-state index contributed by atoms with van der Waals surface area (Å²) in [6.07, 6.45) is 2.09. The van der Waals surface area contributed by atoms with Crippen molar-refractivity contribution in [2.24, 2.45) is 0 Å². The molecule has 0 radical (unpaired) electrons. The van der Waals surface area contributed by atoms with Crippen LogP contribution in [0.1, 0.15) is 35.7 Å². The molecule has 1 N–H and O–H groups in total. The van der Waals surface area contributed by atoms with E-state index in [1.54, 1.807) is 17.4 Å². The minimum absolute atomic E-state index is 0.126. The van der Waals surface area contributed by atoms with Gasteiger partial charge in [0.05, 0.1) is 24.9 Å². The highest BCUT2D eigenvalue weighted by molar-refractivity contribution is 9.11. The third kappa shape index (κ3) is 4.82. The van der Waals surface area contributed by atoms with E-state index in [-0.39, 0.29) is 5.91 Å². The number of nitrogens with one attached hydrogen (secondary N) is 1. The van der Waals surface area contributed by atoms with Gasteiger partial charge in [0.2, 0.25) is 0 Å². The largest absolute Gasteiger partial charge is 0.348 e. The van der Waals surface area contributed by atoms with Crippen molar-refractivity contribution in [3.05, 3.63) is 72.8 Å². The van der Waals surface area contributed by atoms with E-state index in [9.17, 15) is 4.79 Å². The SMILES string of the molecule is CCCCn1c(-c2ccc(Cl)c(Cl)c2)nc2cc(C(=O)NCc3ccsc3Br)ccc21. The van der Waals surface area contributed by atoms with Gasteiger partial charge < -0.3 is 9.88 Å². The summed E-state index contributed by atoms with van der Waals surface area (Å²) in [6.45, 7) is 3.47. The molecular weight excluding hydrogens is 517 g/mol. The molecule has 4 nitrogen and oxygen atoms in total. The van der Waals surface area contributed by atoms with Crippen LogP contribution in [0.15, 0.2) is 51.6 Å². The number of benzene rings is 2. The number of hydrogen-bond donors (Lipinski definition) is 1. The van der Waals surface area contributed by atoms with Gasteiger partial charge in [-0.3, -0.25) is 4.79 Å². The van der Waals surface area contributed by atoms with Gasteiger partial charge in [-0.2, -0.15) is 0 Å². The van der Waals surface area contributed by atoms with Gasteiger partial charge in [0.15, 0.2) is 0 Å². The maximum atomic E-state index is 12.7. The minimum atomic E-state index is -0.126. The average Bonchev–Trinajstić information content (AvgIpc) is 3.34. The summed E-state index contributed by atoms with van der Waals surface area (Å²) in [6, 6.07) is 13.2. The van der Waals surface area contributed by atoms with Crippen molar-refractivity contribution >= 4 is 67.4 Å². The van der Waals surface area contributed by atoms with Crippen LogP contribution in [-0.2, 0) is 13.1 Å². The molecule has 0 spiro atoms. The number of hydrogen-bond acceptors (Lipinski definition) is 3. The molecule has 0 saturated carbocycles. The van der Waals surface area contributed by atoms with Crippen LogP contribution in [-0.4, -0.2) is 15.5 Å². The zero-order chi connectivity index (χ0) is 22.0. The molecule has 160 valence electrons. The topological polar surface area (TPSA) is 46.9 Å². The summed E-state index contributed by atoms with van der Waals surface area (Å²) in [5.41, 5.74) is 4.31. The molecule has 4 rings (SSSR count). The summed E-state index contributed by atoms with van der Waals surface area (Å²) < 4.78 is 3.21. The number of thiophene rings is 1. The smallest absolute Gasteiger partial charge is 0.251 e. The van der Waals surface area contributed by atoms with Gasteiger partial charge in [0.25, 0.3) is 5.91 Å². The molecule has 0 saturated heterocycles. The van der Waals surface area contributed by atoms with Crippen LogP contribution in [0.2, 0.25) is 10.0 Å². The molecule has 1 amide bonds. The number of imidazole rings is 1. The molecule has 0 aliphatic heterocycles. The summed E-state index contributed by atoms with van der Waals surface area (Å²) in [7, 11) is 0. The lowest BCUT2D eigenvalue weighted by Gasteiger charge is -2.10. The highest BCUT2D eigenvalue weighted by atomic mass is 79.9. The number of unbranched alkanes of at least 4 members (excludes halogenated alkanes) is 1. The van der Waals surface area contributed by atoms with Gasteiger partial charge in [-0.1, -0.05) is 36.5 Å². The van der Waals surface area contributed by atoms with Crippen molar-refractivity contribution in [2.45, 2.75) is 32.9 Å². The van der Waals surface area contributed by atoms with Gasteiger partial charge in [-0.05, 0) is 75.8 Å². The number of aromatic nitrogens is 2. The quantitative estimate of drug-likeness (QED) is 0.265. The Hall–Kier alpha value is -1.86. The second-order valence-corrected chi connectivity index (χ2v) is 10.2. The van der Waals surface area contributed by atoms with E-state index in [1.807, 2.05) is 41.8 Å². The predicted molar refractivity (Wildman–Crippen MR) is 133 cm³/mol. The van der Waals surface area contributed by atoms with Gasteiger partial charge in [0.1, 0.15) is 5.82 Å². The van der Waals surface area contributed by atoms with Crippen LogP contribution < -0.4 is 5.32 Å². The van der Waals surface area contributed by atoms with Crippen molar-refractivity contribution in [3.8, 4) is 11.4 Å². The number of amides is 1. The third-order valence-electron chi connectivity index (χ3n) is 5.06. The van der Waals surface area contributed by atoms with E-state index < -0.39 is 0 Å². The standard InChI is InChI=1S/C23H20BrCl2N3OS/c1-2-3-9-29-20-7-5-15(23(30)27-13-16-8-10-31-21(16)24)12-19(20)28-22(29)14-4-6-17(25)18(26)11-14/h4-8,10-12H,2-3,9,13H2,1H3,(H,27,30). The molecule has 2 aromatic heterocycles. The van der Waals surface area contributed by atoms with E-state index in [2.05, 4.69) is 32.7 Å². The van der Waals surface area contributed by atoms with Crippen LogP contribution in [0, 0.1) is 0 Å². The Kier molecular flexibility index (Phi) is 7.02. The third-order valence-corrected chi connectivity index (χ3v) is 7.61. The van der Waals surface area contributed by atoms with Crippen LogP contribution >= 0.6 is 50.5 Å². The first-order chi connectivity index (χ1) is 15.0. The summed E-state index contributed by atoms with van der Waals surface area (Å²) in [5.74, 6) is 0.695. The lowest BCUT2D eigenvalue weighted by atomic mass is 10.2. The summed E-state index contributed by atoms with van der Waals surface area (Å²) in [4.78, 5) is 17.6. The number of carbonyl (C=O) groups is 1. The van der Waals surface area contributed by atoms with Crippen molar-refractivity contribution in [2.75, 3.05) is 0 Å².